The van der Waals surface area contributed by atoms with Crippen LogP contribution >= 0.6 is 15.9 Å². The summed E-state index contributed by atoms with van der Waals surface area (Å²) in [7, 11) is 0. The first-order chi connectivity index (χ1) is 17.4. The number of halogens is 1. The molecule has 1 aliphatic heterocycles. The molecule has 3 aromatic carbocycles. The van der Waals surface area contributed by atoms with Crippen LogP contribution in [0.4, 0.5) is 0 Å². The van der Waals surface area contributed by atoms with Crippen LogP contribution in [0.3, 0.4) is 0 Å². The van der Waals surface area contributed by atoms with Gasteiger partial charge in [0, 0.05) is 30.1 Å². The van der Waals surface area contributed by atoms with Crippen LogP contribution in [-0.4, -0.2) is 57.6 Å². The van der Waals surface area contributed by atoms with Crippen LogP contribution in [0.5, 0.6) is 0 Å². The van der Waals surface area contributed by atoms with Crippen LogP contribution in [0.2, 0.25) is 0 Å². The molecule has 1 aliphatic rings. The minimum absolute atomic E-state index is 0.662. The summed E-state index contributed by atoms with van der Waals surface area (Å²) in [5.41, 5.74) is 4.26. The Balaban J connectivity index is 0.000000538. The Bertz CT molecular complexity index is 1060. The van der Waals surface area contributed by atoms with E-state index in [1.165, 1.54) is 42.6 Å². The summed E-state index contributed by atoms with van der Waals surface area (Å²) in [6.45, 7) is 5.58. The molecule has 1 fully saturated rings. The van der Waals surface area contributed by atoms with Gasteiger partial charge in [0.2, 0.25) is 0 Å². The Morgan fingerprint density at radius 1 is 0.778 bits per heavy atom. The van der Waals surface area contributed by atoms with Gasteiger partial charge in [-0.3, -0.25) is 9.80 Å². The second kappa shape index (κ2) is 14.5. The van der Waals surface area contributed by atoms with E-state index in [9.17, 15) is 0 Å². The number of aliphatic carboxylic acids is 2. The number of benzene rings is 3. The number of carboxylic acids is 2. The van der Waals surface area contributed by atoms with E-state index in [0.29, 0.717) is 6.04 Å². The van der Waals surface area contributed by atoms with Crippen molar-refractivity contribution in [3.05, 3.63) is 106 Å². The summed E-state index contributed by atoms with van der Waals surface area (Å²) in [6.07, 6.45) is 3.61. The van der Waals surface area contributed by atoms with Gasteiger partial charge in [0.05, 0.1) is 0 Å². The number of carbonyl (C=O) groups is 2. The number of carboxylic acid groups (broad SMARTS) is 2. The number of hydrogen-bond donors (Lipinski definition) is 2. The average Bonchev–Trinajstić information content (AvgIpc) is 2.90. The van der Waals surface area contributed by atoms with Crippen LogP contribution in [0.25, 0.3) is 0 Å². The fraction of sp³-hybridized carbons (Fsp3) is 0.310. The third kappa shape index (κ3) is 9.57. The van der Waals surface area contributed by atoms with Crippen LogP contribution in [-0.2, 0) is 29.1 Å². The van der Waals surface area contributed by atoms with Gasteiger partial charge >= 0.3 is 11.9 Å². The highest BCUT2D eigenvalue weighted by Gasteiger charge is 2.24. The Kier molecular flexibility index (Phi) is 11.1. The summed E-state index contributed by atoms with van der Waals surface area (Å²) >= 11 is 3.53. The van der Waals surface area contributed by atoms with Gasteiger partial charge < -0.3 is 10.2 Å². The topological polar surface area (TPSA) is 81.1 Å². The van der Waals surface area contributed by atoms with Gasteiger partial charge in [-0.1, -0.05) is 88.7 Å². The van der Waals surface area contributed by atoms with Crippen molar-refractivity contribution in [2.45, 2.75) is 38.4 Å². The Labute approximate surface area is 221 Å². The zero-order valence-electron chi connectivity index (χ0n) is 20.3. The number of rotatable bonds is 8. The third-order valence-electron chi connectivity index (χ3n) is 6.33. The van der Waals surface area contributed by atoms with Gasteiger partial charge in [-0.25, -0.2) is 9.59 Å². The van der Waals surface area contributed by atoms with E-state index in [2.05, 4.69) is 111 Å². The molecule has 3 aromatic rings. The van der Waals surface area contributed by atoms with Crippen molar-refractivity contribution in [2.24, 2.45) is 0 Å². The number of nitrogens with zero attached hydrogens (tertiary/aromatic N) is 2. The molecule has 0 radical (unpaired) electrons. The largest absolute Gasteiger partial charge is 0.473 e. The van der Waals surface area contributed by atoms with Crippen LogP contribution < -0.4 is 0 Å². The lowest BCUT2D eigenvalue weighted by Crippen LogP contribution is -2.45. The molecule has 0 spiro atoms. The minimum atomic E-state index is -1.82. The van der Waals surface area contributed by atoms with E-state index in [4.69, 9.17) is 19.8 Å². The van der Waals surface area contributed by atoms with Crippen molar-refractivity contribution < 1.29 is 19.8 Å². The second-order valence-corrected chi connectivity index (χ2v) is 9.85. The van der Waals surface area contributed by atoms with Gasteiger partial charge in [-0.15, -0.1) is 0 Å². The summed E-state index contributed by atoms with van der Waals surface area (Å²) in [5, 5.41) is 14.8. The van der Waals surface area contributed by atoms with Crippen LogP contribution in [0, 0.1) is 0 Å². The lowest BCUT2D eigenvalue weighted by atomic mass is 10.0. The molecule has 0 aromatic heterocycles. The monoisotopic (exact) mass is 552 g/mol. The number of piperidine rings is 1. The molecule has 36 heavy (non-hydrogen) atoms. The standard InChI is InChI=1S/C27H31BrN2.C2H2O4/c28-26-13-11-25(12-14-26)21-29-18-16-27(17-19-29)30(22-24-9-5-2-6-10-24)20-15-23-7-3-1-4-8-23;3-1(4)2(5)6/h1-14,27H,15-22H2;(H,3,4)(H,5,6). The first-order valence-electron chi connectivity index (χ1n) is 12.2. The molecule has 4 rings (SSSR count). The highest BCUT2D eigenvalue weighted by molar-refractivity contribution is 9.10. The molecule has 0 atom stereocenters. The molecule has 0 bridgehead atoms. The molecule has 0 aliphatic carbocycles. The quantitative estimate of drug-likeness (QED) is 0.368. The summed E-state index contributed by atoms with van der Waals surface area (Å²) < 4.78 is 1.15. The van der Waals surface area contributed by atoms with Gasteiger partial charge in [0.25, 0.3) is 0 Å². The average molecular weight is 553 g/mol. The lowest BCUT2D eigenvalue weighted by molar-refractivity contribution is -0.159. The van der Waals surface area contributed by atoms with Gasteiger partial charge in [0.1, 0.15) is 0 Å². The Morgan fingerprint density at radius 3 is 1.83 bits per heavy atom. The van der Waals surface area contributed by atoms with Crippen LogP contribution in [0.15, 0.2) is 89.4 Å². The first-order valence-corrected chi connectivity index (χ1v) is 12.9. The van der Waals surface area contributed by atoms with E-state index >= 15 is 0 Å². The zero-order chi connectivity index (χ0) is 25.8. The van der Waals surface area contributed by atoms with Gasteiger partial charge in [0.15, 0.2) is 0 Å². The van der Waals surface area contributed by atoms with Crippen molar-refractivity contribution in [3.63, 3.8) is 0 Å². The fourth-order valence-electron chi connectivity index (χ4n) is 4.42. The van der Waals surface area contributed by atoms with E-state index < -0.39 is 11.9 Å². The maximum atomic E-state index is 9.10. The Morgan fingerprint density at radius 2 is 1.31 bits per heavy atom. The molecule has 0 saturated carbocycles. The maximum absolute atomic E-state index is 9.10. The Hall–Kier alpha value is -3.00. The third-order valence-corrected chi connectivity index (χ3v) is 6.86. The fourth-order valence-corrected chi connectivity index (χ4v) is 4.68. The molecular weight excluding hydrogens is 520 g/mol. The normalized spacial score (nSPS) is 14.2. The highest BCUT2D eigenvalue weighted by Crippen LogP contribution is 2.22. The summed E-state index contributed by atoms with van der Waals surface area (Å²) in [6, 6.07) is 31.3. The maximum Gasteiger partial charge on any atom is 0.414 e. The lowest BCUT2D eigenvalue weighted by Gasteiger charge is -2.39. The zero-order valence-corrected chi connectivity index (χ0v) is 21.9. The van der Waals surface area contributed by atoms with E-state index in [1.54, 1.807) is 0 Å². The molecule has 6 nitrogen and oxygen atoms in total. The SMILES string of the molecule is Brc1ccc(CN2CCC(N(CCc3ccccc3)Cc3ccccc3)CC2)cc1.O=C(O)C(=O)O. The van der Waals surface area contributed by atoms with Gasteiger partial charge in [-0.2, -0.15) is 0 Å². The van der Waals surface area contributed by atoms with Gasteiger partial charge in [-0.05, 0) is 61.2 Å². The molecule has 190 valence electrons. The summed E-state index contributed by atoms with van der Waals surface area (Å²) in [4.78, 5) is 23.5. The van der Waals surface area contributed by atoms with Crippen molar-refractivity contribution in [1.82, 2.24) is 9.80 Å². The summed E-state index contributed by atoms with van der Waals surface area (Å²) in [5.74, 6) is -3.65. The van der Waals surface area contributed by atoms with E-state index in [-0.39, 0.29) is 0 Å². The molecule has 1 saturated heterocycles. The van der Waals surface area contributed by atoms with Crippen molar-refractivity contribution in [1.29, 1.82) is 0 Å². The molecular formula is C29H33BrN2O4. The molecule has 0 unspecified atom stereocenters. The number of likely N-dealkylation sites (tertiary alicyclic amines) is 1. The molecule has 1 heterocycles. The first kappa shape index (κ1) is 27.6. The van der Waals surface area contributed by atoms with E-state index in [1.807, 2.05) is 0 Å². The van der Waals surface area contributed by atoms with Crippen molar-refractivity contribution in [3.8, 4) is 0 Å². The molecule has 2 N–H and O–H groups in total. The molecule has 7 heteroatoms. The minimum Gasteiger partial charge on any atom is -0.473 e. The predicted molar refractivity (Wildman–Crippen MR) is 145 cm³/mol. The smallest absolute Gasteiger partial charge is 0.414 e. The van der Waals surface area contributed by atoms with Crippen LogP contribution in [0.1, 0.15) is 29.5 Å². The van der Waals surface area contributed by atoms with Crippen molar-refractivity contribution >= 4 is 27.9 Å². The van der Waals surface area contributed by atoms with E-state index in [0.717, 1.165) is 30.5 Å². The highest BCUT2D eigenvalue weighted by atomic mass is 79.9. The second-order valence-electron chi connectivity index (χ2n) is 8.94. The van der Waals surface area contributed by atoms with Crippen molar-refractivity contribution in [2.75, 3.05) is 19.6 Å². The molecule has 0 amide bonds. The predicted octanol–water partition coefficient (Wildman–Crippen LogP) is 5.31. The number of hydrogen-bond acceptors (Lipinski definition) is 4.